The van der Waals surface area contributed by atoms with Crippen LogP contribution in [0.25, 0.3) is 0 Å². The van der Waals surface area contributed by atoms with Crippen molar-refractivity contribution in [1.29, 1.82) is 0 Å². The van der Waals surface area contributed by atoms with Crippen molar-refractivity contribution in [3.63, 3.8) is 0 Å². The number of rotatable bonds is 7. The van der Waals surface area contributed by atoms with Gasteiger partial charge < -0.3 is 14.8 Å². The maximum absolute atomic E-state index is 13.2. The van der Waals surface area contributed by atoms with E-state index >= 15 is 0 Å². The van der Waals surface area contributed by atoms with Gasteiger partial charge in [-0.05, 0) is 30.5 Å². The monoisotopic (exact) mass is 414 g/mol. The first kappa shape index (κ1) is 21.9. The lowest BCUT2D eigenvalue weighted by atomic mass is 9.78. The fourth-order valence-corrected chi connectivity index (χ4v) is 4.02. The second kappa shape index (κ2) is 10.3. The highest BCUT2D eigenvalue weighted by Crippen LogP contribution is 2.41. The number of alkyl halides is 3. The van der Waals surface area contributed by atoms with E-state index in [1.54, 1.807) is 0 Å². The molecule has 1 N–H and O–H groups in total. The topological polar surface area (TPSA) is 50.8 Å². The van der Waals surface area contributed by atoms with Gasteiger partial charge in [-0.15, -0.1) is 0 Å². The second-order valence-electron chi connectivity index (χ2n) is 7.71. The molecule has 8 heteroatoms. The lowest BCUT2D eigenvalue weighted by Gasteiger charge is -2.32. The molecular formula is C21H29F3N2O3. The number of ether oxygens (including phenoxy) is 2. The smallest absolute Gasteiger partial charge is 0.392 e. The Labute approximate surface area is 169 Å². The summed E-state index contributed by atoms with van der Waals surface area (Å²) >= 11 is 0. The van der Waals surface area contributed by atoms with E-state index in [0.717, 1.165) is 38.4 Å². The third-order valence-electron chi connectivity index (χ3n) is 5.67. The molecule has 2 fully saturated rings. The highest BCUT2D eigenvalue weighted by Gasteiger charge is 2.47. The summed E-state index contributed by atoms with van der Waals surface area (Å²) in [7, 11) is 0. The van der Waals surface area contributed by atoms with Crippen LogP contribution in [-0.4, -0.2) is 56.4 Å². The first-order chi connectivity index (χ1) is 13.9. The van der Waals surface area contributed by atoms with Crippen LogP contribution in [0.2, 0.25) is 0 Å². The fraction of sp³-hybridized carbons (Fsp3) is 0.667. The second-order valence-corrected chi connectivity index (χ2v) is 7.71. The summed E-state index contributed by atoms with van der Waals surface area (Å²) < 4.78 is 50.7. The molecule has 2 atom stereocenters. The molecule has 3 rings (SSSR count). The minimum atomic E-state index is -4.32. The van der Waals surface area contributed by atoms with Crippen LogP contribution in [-0.2, 0) is 16.1 Å². The molecule has 1 aliphatic heterocycles. The van der Waals surface area contributed by atoms with E-state index in [0.29, 0.717) is 31.6 Å². The number of carbonyl (C=O) groups is 1. The number of nitrogens with zero attached hydrogens (tertiary/aromatic N) is 1. The van der Waals surface area contributed by atoms with E-state index < -0.39 is 23.9 Å². The van der Waals surface area contributed by atoms with Crippen molar-refractivity contribution in [2.45, 2.75) is 38.4 Å². The lowest BCUT2D eigenvalue weighted by Crippen LogP contribution is -2.42. The standard InChI is InChI=1S/C21H29F3N2O3/c22-21(23,24)19-7-2-1-6-18(19)20(27)25-15-16-4-3-5-17(14-16)29-13-10-26-8-11-28-12-9-26/h3-5,14,18-19H,1-2,6-13,15H2,(H,25,27). The van der Waals surface area contributed by atoms with Crippen molar-refractivity contribution >= 4 is 5.91 Å². The maximum atomic E-state index is 13.2. The Kier molecular flexibility index (Phi) is 7.77. The molecule has 0 bridgehead atoms. The summed E-state index contributed by atoms with van der Waals surface area (Å²) in [5.74, 6) is -2.34. The van der Waals surface area contributed by atoms with Crippen molar-refractivity contribution in [2.24, 2.45) is 11.8 Å². The lowest BCUT2D eigenvalue weighted by molar-refractivity contribution is -0.198. The number of hydrogen-bond acceptors (Lipinski definition) is 4. The maximum Gasteiger partial charge on any atom is 0.392 e. The van der Waals surface area contributed by atoms with Crippen LogP contribution in [0.1, 0.15) is 31.2 Å². The Hall–Kier alpha value is -1.80. The summed E-state index contributed by atoms with van der Waals surface area (Å²) in [5.41, 5.74) is 0.807. The molecule has 0 aromatic heterocycles. The summed E-state index contributed by atoms with van der Waals surface area (Å²) in [5, 5.41) is 2.69. The van der Waals surface area contributed by atoms with Gasteiger partial charge in [-0.1, -0.05) is 25.0 Å². The average molecular weight is 414 g/mol. The van der Waals surface area contributed by atoms with E-state index in [1.165, 1.54) is 0 Å². The Bertz CT molecular complexity index is 663. The number of morpholine rings is 1. The highest BCUT2D eigenvalue weighted by molar-refractivity contribution is 5.79. The van der Waals surface area contributed by atoms with Gasteiger partial charge in [-0.2, -0.15) is 13.2 Å². The average Bonchev–Trinajstić information content (AvgIpc) is 2.72. The molecule has 1 aliphatic carbocycles. The summed E-state index contributed by atoms with van der Waals surface area (Å²) in [4.78, 5) is 14.7. The highest BCUT2D eigenvalue weighted by atomic mass is 19.4. The van der Waals surface area contributed by atoms with Crippen molar-refractivity contribution in [1.82, 2.24) is 10.2 Å². The van der Waals surface area contributed by atoms with Crippen LogP contribution in [0, 0.1) is 11.8 Å². The van der Waals surface area contributed by atoms with E-state index in [2.05, 4.69) is 10.2 Å². The van der Waals surface area contributed by atoms with Crippen LogP contribution in [0.3, 0.4) is 0 Å². The number of nitrogens with one attached hydrogen (secondary N) is 1. The summed E-state index contributed by atoms with van der Waals surface area (Å²) in [6.45, 7) is 4.83. The zero-order chi connectivity index (χ0) is 20.7. The molecule has 1 heterocycles. The molecule has 1 saturated carbocycles. The van der Waals surface area contributed by atoms with Gasteiger partial charge in [0.15, 0.2) is 0 Å². The van der Waals surface area contributed by atoms with E-state index in [-0.39, 0.29) is 13.0 Å². The van der Waals surface area contributed by atoms with Gasteiger partial charge in [0.05, 0.1) is 19.1 Å². The summed E-state index contributed by atoms with van der Waals surface area (Å²) in [6.07, 6.45) is -2.81. The number of benzene rings is 1. The van der Waals surface area contributed by atoms with Crippen molar-refractivity contribution < 1.29 is 27.4 Å². The predicted molar refractivity (Wildman–Crippen MR) is 103 cm³/mol. The number of carbonyl (C=O) groups excluding carboxylic acids is 1. The number of hydrogen-bond donors (Lipinski definition) is 1. The van der Waals surface area contributed by atoms with Crippen LogP contribution < -0.4 is 10.1 Å². The van der Waals surface area contributed by atoms with Crippen molar-refractivity contribution in [3.05, 3.63) is 29.8 Å². The van der Waals surface area contributed by atoms with Gasteiger partial charge in [-0.3, -0.25) is 9.69 Å². The first-order valence-corrected chi connectivity index (χ1v) is 10.3. The molecule has 0 spiro atoms. The third kappa shape index (κ3) is 6.60. The van der Waals surface area contributed by atoms with E-state index in [4.69, 9.17) is 9.47 Å². The molecule has 1 amide bonds. The largest absolute Gasteiger partial charge is 0.492 e. The van der Waals surface area contributed by atoms with E-state index in [9.17, 15) is 18.0 Å². The molecule has 1 aromatic carbocycles. The minimum absolute atomic E-state index is 0.0358. The minimum Gasteiger partial charge on any atom is -0.492 e. The van der Waals surface area contributed by atoms with Gasteiger partial charge in [-0.25, -0.2) is 0 Å². The Morgan fingerprint density at radius 3 is 2.72 bits per heavy atom. The van der Waals surface area contributed by atoms with Crippen molar-refractivity contribution in [3.8, 4) is 5.75 Å². The molecule has 2 unspecified atom stereocenters. The molecule has 29 heavy (non-hydrogen) atoms. The molecule has 1 saturated heterocycles. The van der Waals surface area contributed by atoms with E-state index in [1.807, 2.05) is 24.3 Å². The first-order valence-electron chi connectivity index (χ1n) is 10.3. The molecule has 5 nitrogen and oxygen atoms in total. The number of halogens is 3. The van der Waals surface area contributed by atoms with Gasteiger partial charge >= 0.3 is 6.18 Å². The van der Waals surface area contributed by atoms with Gasteiger partial charge in [0.2, 0.25) is 5.91 Å². The predicted octanol–water partition coefficient (Wildman–Crippen LogP) is 3.38. The Morgan fingerprint density at radius 1 is 1.21 bits per heavy atom. The Morgan fingerprint density at radius 2 is 1.97 bits per heavy atom. The number of amides is 1. The molecule has 1 aromatic rings. The van der Waals surface area contributed by atoms with Crippen molar-refractivity contribution in [2.75, 3.05) is 39.5 Å². The quantitative estimate of drug-likeness (QED) is 0.743. The fourth-order valence-electron chi connectivity index (χ4n) is 4.02. The van der Waals surface area contributed by atoms with Crippen LogP contribution >= 0.6 is 0 Å². The SMILES string of the molecule is O=C(NCc1cccc(OCCN2CCOCC2)c1)C1CCCCC1C(F)(F)F. The van der Waals surface area contributed by atoms with Gasteiger partial charge in [0, 0.05) is 32.1 Å². The molecule has 162 valence electrons. The van der Waals surface area contributed by atoms with Gasteiger partial charge in [0.1, 0.15) is 12.4 Å². The normalized spacial score (nSPS) is 23.6. The summed E-state index contributed by atoms with van der Waals surface area (Å²) in [6, 6.07) is 7.31. The van der Waals surface area contributed by atoms with Crippen LogP contribution in [0.15, 0.2) is 24.3 Å². The zero-order valence-electron chi connectivity index (χ0n) is 16.5. The zero-order valence-corrected chi connectivity index (χ0v) is 16.5. The van der Waals surface area contributed by atoms with Gasteiger partial charge in [0.25, 0.3) is 0 Å². The molecular weight excluding hydrogens is 385 g/mol. The third-order valence-corrected chi connectivity index (χ3v) is 5.67. The molecule has 2 aliphatic rings. The van der Waals surface area contributed by atoms with Crippen LogP contribution in [0.4, 0.5) is 13.2 Å². The molecule has 0 radical (unpaired) electrons. The van der Waals surface area contributed by atoms with Crippen LogP contribution in [0.5, 0.6) is 5.75 Å². The Balaban J connectivity index is 1.47.